The highest BCUT2D eigenvalue weighted by Crippen LogP contribution is 2.21. The average molecular weight is 330 g/mol. The first-order chi connectivity index (χ1) is 9.02. The molecule has 0 saturated heterocycles. The third kappa shape index (κ3) is 6.18. The number of ether oxygens (including phenoxy) is 1. The number of aliphatic hydroxyl groups is 1. The number of amides is 1. The van der Waals surface area contributed by atoms with Gasteiger partial charge in [-0.2, -0.15) is 0 Å². The van der Waals surface area contributed by atoms with Crippen LogP contribution in [-0.2, 0) is 9.53 Å². The molecule has 2 unspecified atom stereocenters. The Hall–Kier alpha value is -0.910. The van der Waals surface area contributed by atoms with Crippen molar-refractivity contribution >= 4 is 21.8 Å². The van der Waals surface area contributed by atoms with E-state index in [9.17, 15) is 9.90 Å². The summed E-state index contributed by atoms with van der Waals surface area (Å²) in [5.74, 6) is 0.0817. The van der Waals surface area contributed by atoms with Crippen LogP contribution in [-0.4, -0.2) is 37.4 Å². The van der Waals surface area contributed by atoms with E-state index in [0.717, 1.165) is 10.0 Å². The molecule has 106 valence electrons. The molecule has 0 aliphatic heterocycles. The number of hydrogen-bond donors (Lipinski definition) is 2. The molecule has 0 aliphatic rings. The molecule has 4 nitrogen and oxygen atoms in total. The van der Waals surface area contributed by atoms with Gasteiger partial charge in [-0.3, -0.25) is 4.79 Å². The summed E-state index contributed by atoms with van der Waals surface area (Å²) in [7, 11) is 1.51. The van der Waals surface area contributed by atoms with Crippen LogP contribution in [0.1, 0.15) is 24.8 Å². The molecule has 19 heavy (non-hydrogen) atoms. The van der Waals surface area contributed by atoms with E-state index in [1.165, 1.54) is 7.11 Å². The van der Waals surface area contributed by atoms with Crippen molar-refractivity contribution in [3.8, 4) is 0 Å². The van der Waals surface area contributed by atoms with Crippen LogP contribution in [0.4, 0.5) is 0 Å². The van der Waals surface area contributed by atoms with E-state index in [0.29, 0.717) is 6.42 Å². The van der Waals surface area contributed by atoms with Gasteiger partial charge in [-0.1, -0.05) is 35.0 Å². The molecule has 0 aromatic heterocycles. The number of carbonyl (C=O) groups is 1. The summed E-state index contributed by atoms with van der Waals surface area (Å²) >= 11 is 3.38. The van der Waals surface area contributed by atoms with Crippen molar-refractivity contribution in [2.24, 2.45) is 0 Å². The molecule has 0 radical (unpaired) electrons. The maximum absolute atomic E-state index is 11.7. The minimum absolute atomic E-state index is 0.0643. The van der Waals surface area contributed by atoms with Gasteiger partial charge in [0.25, 0.3) is 0 Å². The minimum Gasteiger partial charge on any atom is -0.389 e. The second-order valence-electron chi connectivity index (χ2n) is 4.57. The Kier molecular flexibility index (Phi) is 7.05. The second kappa shape index (κ2) is 8.30. The molecule has 0 heterocycles. The smallest absolute Gasteiger partial charge is 0.220 e. The number of nitrogens with one attached hydrogen (secondary N) is 1. The molecule has 0 aliphatic carbocycles. The van der Waals surface area contributed by atoms with E-state index < -0.39 is 6.10 Å². The van der Waals surface area contributed by atoms with E-state index >= 15 is 0 Å². The molecule has 0 fully saturated rings. The van der Waals surface area contributed by atoms with Crippen LogP contribution in [0.25, 0.3) is 0 Å². The van der Waals surface area contributed by atoms with Gasteiger partial charge in [0.15, 0.2) is 0 Å². The fourth-order valence-electron chi connectivity index (χ4n) is 1.74. The van der Waals surface area contributed by atoms with Crippen LogP contribution in [0.15, 0.2) is 28.7 Å². The normalized spacial score (nSPS) is 13.9. The van der Waals surface area contributed by atoms with Crippen molar-refractivity contribution in [3.63, 3.8) is 0 Å². The Labute approximate surface area is 122 Å². The number of carbonyl (C=O) groups excluding carboxylic acids is 1. The highest BCUT2D eigenvalue weighted by molar-refractivity contribution is 9.10. The molecular formula is C14H20BrNO3. The SMILES string of the molecule is COCC(O)CNC(=O)CC(C)c1ccc(Br)cc1. The lowest BCUT2D eigenvalue weighted by molar-refractivity contribution is -0.122. The first-order valence-electron chi connectivity index (χ1n) is 6.22. The first-order valence-corrected chi connectivity index (χ1v) is 7.01. The molecular weight excluding hydrogens is 310 g/mol. The molecule has 0 spiro atoms. The number of aliphatic hydroxyl groups excluding tert-OH is 1. The largest absolute Gasteiger partial charge is 0.389 e. The van der Waals surface area contributed by atoms with Gasteiger partial charge in [0.05, 0.1) is 12.7 Å². The lowest BCUT2D eigenvalue weighted by Crippen LogP contribution is -2.34. The quantitative estimate of drug-likeness (QED) is 0.805. The van der Waals surface area contributed by atoms with E-state index in [4.69, 9.17) is 4.74 Å². The third-order valence-electron chi connectivity index (χ3n) is 2.82. The summed E-state index contributed by atoms with van der Waals surface area (Å²) < 4.78 is 5.82. The summed E-state index contributed by atoms with van der Waals surface area (Å²) in [6.45, 7) is 2.46. The predicted octanol–water partition coefficient (Wildman–Crippen LogP) is 2.07. The number of hydrogen-bond acceptors (Lipinski definition) is 3. The summed E-state index contributed by atoms with van der Waals surface area (Å²) in [4.78, 5) is 11.7. The molecule has 1 amide bonds. The Morgan fingerprint density at radius 2 is 2.05 bits per heavy atom. The van der Waals surface area contributed by atoms with Crippen molar-refractivity contribution < 1.29 is 14.6 Å². The standard InChI is InChI=1S/C14H20BrNO3/c1-10(11-3-5-12(15)6-4-11)7-14(18)16-8-13(17)9-19-2/h3-6,10,13,17H,7-9H2,1-2H3,(H,16,18). The second-order valence-corrected chi connectivity index (χ2v) is 5.49. The van der Waals surface area contributed by atoms with Gasteiger partial charge in [-0.15, -0.1) is 0 Å². The van der Waals surface area contributed by atoms with Crippen LogP contribution >= 0.6 is 15.9 Å². The first kappa shape index (κ1) is 16.1. The Morgan fingerprint density at radius 1 is 1.42 bits per heavy atom. The van der Waals surface area contributed by atoms with Crippen molar-refractivity contribution in [1.29, 1.82) is 0 Å². The van der Waals surface area contributed by atoms with Crippen LogP contribution in [0, 0.1) is 0 Å². The van der Waals surface area contributed by atoms with Crippen LogP contribution < -0.4 is 5.32 Å². The summed E-state index contributed by atoms with van der Waals surface area (Å²) in [5.41, 5.74) is 1.12. The average Bonchev–Trinajstić information content (AvgIpc) is 2.37. The highest BCUT2D eigenvalue weighted by atomic mass is 79.9. The van der Waals surface area contributed by atoms with Crippen molar-refractivity contribution in [3.05, 3.63) is 34.3 Å². The number of halogens is 1. The van der Waals surface area contributed by atoms with E-state index in [1.807, 2.05) is 31.2 Å². The van der Waals surface area contributed by atoms with Gasteiger partial charge in [0.2, 0.25) is 5.91 Å². The summed E-state index contributed by atoms with van der Waals surface area (Å²) in [6, 6.07) is 7.93. The molecule has 1 aromatic rings. The molecule has 0 bridgehead atoms. The van der Waals surface area contributed by atoms with Gasteiger partial charge in [0.1, 0.15) is 0 Å². The van der Waals surface area contributed by atoms with Gasteiger partial charge in [-0.05, 0) is 23.6 Å². The monoisotopic (exact) mass is 329 g/mol. The fraction of sp³-hybridized carbons (Fsp3) is 0.500. The minimum atomic E-state index is -0.656. The summed E-state index contributed by atoms with van der Waals surface area (Å²) in [6.07, 6.45) is -0.252. The number of methoxy groups -OCH3 is 1. The summed E-state index contributed by atoms with van der Waals surface area (Å²) in [5, 5.41) is 12.1. The molecule has 2 N–H and O–H groups in total. The zero-order valence-electron chi connectivity index (χ0n) is 11.2. The van der Waals surface area contributed by atoms with E-state index in [-0.39, 0.29) is 25.0 Å². The van der Waals surface area contributed by atoms with Crippen LogP contribution in [0.3, 0.4) is 0 Å². The zero-order chi connectivity index (χ0) is 14.3. The fourth-order valence-corrected chi connectivity index (χ4v) is 2.01. The topological polar surface area (TPSA) is 58.6 Å². The maximum Gasteiger partial charge on any atom is 0.220 e. The van der Waals surface area contributed by atoms with Crippen molar-refractivity contribution in [1.82, 2.24) is 5.32 Å². The van der Waals surface area contributed by atoms with Crippen LogP contribution in [0.5, 0.6) is 0 Å². The molecule has 1 aromatic carbocycles. The van der Waals surface area contributed by atoms with Crippen molar-refractivity contribution in [2.75, 3.05) is 20.3 Å². The highest BCUT2D eigenvalue weighted by Gasteiger charge is 2.12. The Morgan fingerprint density at radius 3 is 2.63 bits per heavy atom. The molecule has 5 heteroatoms. The van der Waals surface area contributed by atoms with Gasteiger partial charge < -0.3 is 15.2 Å². The van der Waals surface area contributed by atoms with Gasteiger partial charge in [-0.25, -0.2) is 0 Å². The molecule has 2 atom stereocenters. The van der Waals surface area contributed by atoms with Gasteiger partial charge in [0, 0.05) is 24.5 Å². The molecule has 0 saturated carbocycles. The third-order valence-corrected chi connectivity index (χ3v) is 3.35. The van der Waals surface area contributed by atoms with Crippen LogP contribution in [0.2, 0.25) is 0 Å². The number of benzene rings is 1. The lowest BCUT2D eigenvalue weighted by atomic mass is 9.97. The van der Waals surface area contributed by atoms with Crippen molar-refractivity contribution in [2.45, 2.75) is 25.4 Å². The molecule has 1 rings (SSSR count). The van der Waals surface area contributed by atoms with E-state index in [1.54, 1.807) is 0 Å². The van der Waals surface area contributed by atoms with Gasteiger partial charge >= 0.3 is 0 Å². The van der Waals surface area contributed by atoms with E-state index in [2.05, 4.69) is 21.2 Å². The number of rotatable bonds is 7. The Balaban J connectivity index is 2.37. The zero-order valence-corrected chi connectivity index (χ0v) is 12.8. The Bertz CT molecular complexity index is 394. The predicted molar refractivity (Wildman–Crippen MR) is 78.1 cm³/mol. The lowest BCUT2D eigenvalue weighted by Gasteiger charge is -2.14. The maximum atomic E-state index is 11.7.